The van der Waals surface area contributed by atoms with E-state index in [2.05, 4.69) is 194 Å². The van der Waals surface area contributed by atoms with Gasteiger partial charge in [0.25, 0.3) is 0 Å². The largest absolute Gasteiger partial charge is 0.135 e. The van der Waals surface area contributed by atoms with Crippen LogP contribution in [0.4, 0.5) is 0 Å². The molecule has 0 N–H and O–H groups in total. The van der Waals surface area contributed by atoms with Crippen LogP contribution < -0.4 is 0 Å². The highest BCUT2D eigenvalue weighted by molar-refractivity contribution is 7.22. The van der Waals surface area contributed by atoms with Gasteiger partial charge in [-0.25, -0.2) is 0 Å². The summed E-state index contributed by atoms with van der Waals surface area (Å²) in [6.07, 6.45) is 0. The summed E-state index contributed by atoms with van der Waals surface area (Å²) in [5.41, 5.74) is 11.3. The van der Waals surface area contributed by atoms with Crippen LogP contribution in [-0.4, -0.2) is 0 Å². The number of benzene rings is 9. The molecule has 0 radical (unpaired) electrons. The van der Waals surface area contributed by atoms with Crippen LogP contribution in [0, 0.1) is 0 Å². The summed E-state index contributed by atoms with van der Waals surface area (Å²) in [6, 6.07) is 72.2. The second-order valence-electron chi connectivity index (χ2n) is 13.9. The van der Waals surface area contributed by atoms with Crippen LogP contribution in [0.15, 0.2) is 194 Å². The molecule has 0 aliphatic heterocycles. The Hall–Kier alpha value is -6.28. The lowest BCUT2D eigenvalue weighted by Gasteiger charge is -2.34. The van der Waals surface area contributed by atoms with Crippen molar-refractivity contribution in [2.45, 2.75) is 5.41 Å². The van der Waals surface area contributed by atoms with Crippen LogP contribution >= 0.6 is 11.3 Å². The van der Waals surface area contributed by atoms with Crippen LogP contribution in [-0.2, 0) is 5.41 Å². The van der Waals surface area contributed by atoms with Gasteiger partial charge in [0.2, 0.25) is 0 Å². The number of hydrogen-bond acceptors (Lipinski definition) is 1. The van der Waals surface area contributed by atoms with Crippen molar-refractivity contribution in [3.05, 3.63) is 216 Å². The van der Waals surface area contributed by atoms with Crippen molar-refractivity contribution in [3.63, 3.8) is 0 Å². The fourth-order valence-corrected chi connectivity index (χ4v) is 10.6. The Balaban J connectivity index is 1.26. The molecular formula is C51H32S. The maximum absolute atomic E-state index is 2.53. The summed E-state index contributed by atoms with van der Waals surface area (Å²) in [7, 11) is 0. The third kappa shape index (κ3) is 4.03. The van der Waals surface area contributed by atoms with E-state index in [1.165, 1.54) is 97.4 Å². The Morgan fingerprint density at radius 1 is 0.365 bits per heavy atom. The number of hydrogen-bond donors (Lipinski definition) is 0. The fraction of sp³-hybridized carbons (Fsp3) is 0.0196. The van der Waals surface area contributed by atoms with Crippen molar-refractivity contribution in [3.8, 4) is 32.7 Å². The van der Waals surface area contributed by atoms with Gasteiger partial charge >= 0.3 is 0 Å². The van der Waals surface area contributed by atoms with Crippen molar-refractivity contribution >= 4 is 53.7 Å². The number of fused-ring (bicyclic) bond motifs is 8. The van der Waals surface area contributed by atoms with E-state index < -0.39 is 5.41 Å². The molecule has 1 heterocycles. The van der Waals surface area contributed by atoms with Crippen LogP contribution in [0.5, 0.6) is 0 Å². The highest BCUT2D eigenvalue weighted by Crippen LogP contribution is 2.61. The van der Waals surface area contributed by atoms with Crippen molar-refractivity contribution in [2.24, 2.45) is 0 Å². The zero-order valence-electron chi connectivity index (χ0n) is 28.4. The molecule has 0 saturated carbocycles. The lowest BCUT2D eigenvalue weighted by molar-refractivity contribution is 0.777. The van der Waals surface area contributed by atoms with E-state index in [-0.39, 0.29) is 0 Å². The van der Waals surface area contributed by atoms with Gasteiger partial charge < -0.3 is 0 Å². The molecule has 0 spiro atoms. The monoisotopic (exact) mass is 676 g/mol. The maximum Gasteiger partial charge on any atom is 0.0728 e. The first-order valence-electron chi connectivity index (χ1n) is 18.0. The molecule has 52 heavy (non-hydrogen) atoms. The van der Waals surface area contributed by atoms with E-state index in [0.717, 1.165) is 0 Å². The first-order chi connectivity index (χ1) is 25.8. The quantitative estimate of drug-likeness (QED) is 0.163. The van der Waals surface area contributed by atoms with E-state index in [1.807, 2.05) is 11.3 Å². The zero-order valence-corrected chi connectivity index (χ0v) is 29.2. The van der Waals surface area contributed by atoms with Crippen LogP contribution in [0.1, 0.15) is 22.3 Å². The third-order valence-electron chi connectivity index (χ3n) is 11.3. The molecule has 0 unspecified atom stereocenters. The van der Waals surface area contributed by atoms with E-state index in [4.69, 9.17) is 0 Å². The van der Waals surface area contributed by atoms with E-state index >= 15 is 0 Å². The Labute approximate surface area is 306 Å². The van der Waals surface area contributed by atoms with Gasteiger partial charge in [-0.05, 0) is 99.9 Å². The fourth-order valence-electron chi connectivity index (χ4n) is 9.27. The summed E-state index contributed by atoms with van der Waals surface area (Å²) < 4.78 is 1.33. The molecule has 1 aromatic heterocycles. The van der Waals surface area contributed by atoms with Gasteiger partial charge in [0.05, 0.1) is 5.41 Å². The molecule has 1 aliphatic rings. The lowest BCUT2D eigenvalue weighted by Crippen LogP contribution is -2.28. The smallest absolute Gasteiger partial charge is 0.0728 e. The minimum atomic E-state index is -0.475. The average Bonchev–Trinajstić information content (AvgIpc) is 3.73. The molecule has 11 rings (SSSR count). The first-order valence-corrected chi connectivity index (χ1v) is 18.8. The van der Waals surface area contributed by atoms with Crippen LogP contribution in [0.2, 0.25) is 0 Å². The second kappa shape index (κ2) is 11.4. The summed E-state index contributed by atoms with van der Waals surface area (Å²) in [6.45, 7) is 0. The van der Waals surface area contributed by atoms with Crippen molar-refractivity contribution in [1.29, 1.82) is 0 Å². The van der Waals surface area contributed by atoms with Crippen LogP contribution in [0.25, 0.3) is 75.1 Å². The number of thiophene rings is 1. The first kappa shape index (κ1) is 29.5. The summed E-state index contributed by atoms with van der Waals surface area (Å²) >= 11 is 1.93. The minimum Gasteiger partial charge on any atom is -0.135 e. The number of rotatable bonds is 4. The predicted octanol–water partition coefficient (Wildman–Crippen LogP) is 14.1. The molecule has 0 atom stereocenters. The van der Waals surface area contributed by atoms with Gasteiger partial charge in [-0.1, -0.05) is 182 Å². The topological polar surface area (TPSA) is 0 Å². The second-order valence-corrected chi connectivity index (χ2v) is 15.0. The molecule has 10 aromatic rings. The summed E-state index contributed by atoms with van der Waals surface area (Å²) in [4.78, 5) is 1.37. The average molecular weight is 677 g/mol. The predicted molar refractivity (Wildman–Crippen MR) is 223 cm³/mol. The Morgan fingerprint density at radius 2 is 0.885 bits per heavy atom. The van der Waals surface area contributed by atoms with E-state index in [0.29, 0.717) is 0 Å². The lowest BCUT2D eigenvalue weighted by atomic mass is 9.67. The molecule has 242 valence electrons. The molecule has 0 amide bonds. The standard InChI is InChI=1S/C51H32S/c1-3-18-35(19-4-1)51(36-20-5-2-6-21-36)45-32-34(30-31-43(45)50-49(51)44-27-13-14-29-46(44)52-50)47-39-23-9-11-25-41(39)48(42-26-12-10-24-40(42)47)38-28-15-17-33-16-7-8-22-37(33)38/h1-32H. The highest BCUT2D eigenvalue weighted by atomic mass is 32.1. The molecule has 0 saturated heterocycles. The van der Waals surface area contributed by atoms with E-state index in [1.54, 1.807) is 0 Å². The van der Waals surface area contributed by atoms with Gasteiger partial charge in [0.15, 0.2) is 0 Å². The Morgan fingerprint density at radius 3 is 1.54 bits per heavy atom. The Bertz CT molecular complexity index is 2900. The van der Waals surface area contributed by atoms with Crippen molar-refractivity contribution in [2.75, 3.05) is 0 Å². The molecule has 0 fully saturated rings. The van der Waals surface area contributed by atoms with Gasteiger partial charge in [0, 0.05) is 9.58 Å². The summed E-state index contributed by atoms with van der Waals surface area (Å²) in [5.74, 6) is 0. The molecule has 9 aromatic carbocycles. The van der Waals surface area contributed by atoms with Gasteiger partial charge in [0.1, 0.15) is 0 Å². The maximum atomic E-state index is 2.53. The van der Waals surface area contributed by atoms with Gasteiger partial charge in [-0.3, -0.25) is 0 Å². The Kier molecular flexibility index (Phi) is 6.44. The molecule has 0 nitrogen and oxygen atoms in total. The molecule has 1 heteroatoms. The molecule has 1 aliphatic carbocycles. The van der Waals surface area contributed by atoms with Crippen LogP contribution in [0.3, 0.4) is 0 Å². The van der Waals surface area contributed by atoms with Gasteiger partial charge in [-0.2, -0.15) is 0 Å². The molecular weight excluding hydrogens is 645 g/mol. The van der Waals surface area contributed by atoms with Crippen molar-refractivity contribution < 1.29 is 0 Å². The highest BCUT2D eigenvalue weighted by Gasteiger charge is 2.48. The SMILES string of the molecule is c1ccc(C2(c3ccccc3)c3cc(-c4c5ccccc5c(-c5cccc6ccccc56)c5ccccc45)ccc3-c3sc4ccccc4c32)cc1. The summed E-state index contributed by atoms with van der Waals surface area (Å²) in [5, 5.41) is 8.96. The molecule has 0 bridgehead atoms. The minimum absolute atomic E-state index is 0.475. The van der Waals surface area contributed by atoms with Crippen molar-refractivity contribution in [1.82, 2.24) is 0 Å². The van der Waals surface area contributed by atoms with E-state index in [9.17, 15) is 0 Å². The zero-order chi connectivity index (χ0) is 34.2. The normalized spacial score (nSPS) is 13.2. The van der Waals surface area contributed by atoms with Gasteiger partial charge in [-0.15, -0.1) is 11.3 Å². The third-order valence-corrected chi connectivity index (χ3v) is 12.5.